The standard InChI is InChI=1S/C12H20O26S5/c13-1-3-6(35-40(19,20)21)5(4(32-3)2-31-39(16,17)18)33-12-10(38-43(28,29)30)8(37-42(25,26)27)7(36-41(22,23)24)9(34-12)11(14)15/h3-10,12-13H,1-2H2,(H,14,15)(H,16,17,18)(H,19,20,21)(H,22,23,24)(H,25,26,27)(H,28,29,30). The second-order valence-electron chi connectivity index (χ2n) is 7.93. The molecule has 254 valence electrons. The third-order valence-electron chi connectivity index (χ3n) is 4.93. The molecule has 2 saturated heterocycles. The highest BCUT2D eigenvalue weighted by molar-refractivity contribution is 7.81. The molecular weight excluding hydrogens is 720 g/mol. The Balaban J connectivity index is 2.73. The van der Waals surface area contributed by atoms with Crippen molar-refractivity contribution in [2.45, 2.75) is 55.1 Å². The van der Waals surface area contributed by atoms with Crippen molar-refractivity contribution in [1.82, 2.24) is 0 Å². The zero-order valence-corrected chi connectivity index (χ0v) is 24.1. The van der Waals surface area contributed by atoms with Gasteiger partial charge in [-0.25, -0.2) is 25.7 Å². The molecule has 0 aromatic carbocycles. The maximum Gasteiger partial charge on any atom is 0.397 e. The molecule has 2 aliphatic rings. The van der Waals surface area contributed by atoms with Gasteiger partial charge in [-0.1, -0.05) is 0 Å². The van der Waals surface area contributed by atoms with Crippen LogP contribution in [-0.4, -0.2) is 149 Å². The average molecular weight is 741 g/mol. The van der Waals surface area contributed by atoms with Crippen LogP contribution in [0.5, 0.6) is 0 Å². The molecule has 9 atom stereocenters. The first-order valence-corrected chi connectivity index (χ1v) is 17.1. The molecule has 2 fully saturated rings. The van der Waals surface area contributed by atoms with E-state index in [9.17, 15) is 61.6 Å². The fraction of sp³-hybridized carbons (Fsp3) is 0.917. The molecule has 9 unspecified atom stereocenters. The van der Waals surface area contributed by atoms with Crippen LogP contribution >= 0.6 is 0 Å². The maximum atomic E-state index is 11.8. The van der Waals surface area contributed by atoms with E-state index in [1.54, 1.807) is 0 Å². The van der Waals surface area contributed by atoms with Crippen LogP contribution in [0.1, 0.15) is 0 Å². The topological polar surface area (TPSA) is 403 Å². The second kappa shape index (κ2) is 13.6. The smallest absolute Gasteiger partial charge is 0.397 e. The molecule has 0 aromatic heterocycles. The van der Waals surface area contributed by atoms with E-state index in [4.69, 9.17) is 32.4 Å². The number of aliphatic carboxylic acids is 1. The Kier molecular flexibility index (Phi) is 11.9. The first kappa shape index (κ1) is 37.8. The minimum Gasteiger partial charge on any atom is -0.479 e. The van der Waals surface area contributed by atoms with Gasteiger partial charge in [0.1, 0.15) is 36.6 Å². The normalized spacial score (nSPS) is 32.9. The fourth-order valence-electron chi connectivity index (χ4n) is 3.67. The summed E-state index contributed by atoms with van der Waals surface area (Å²) < 4.78 is 195. The molecule has 26 nitrogen and oxygen atoms in total. The van der Waals surface area contributed by atoms with Crippen LogP contribution in [-0.2, 0) is 91.9 Å². The van der Waals surface area contributed by atoms with Gasteiger partial charge in [0.05, 0.1) is 13.2 Å². The number of ether oxygens (including phenoxy) is 3. The molecule has 0 radical (unpaired) electrons. The average Bonchev–Trinajstić information content (AvgIpc) is 3.07. The van der Waals surface area contributed by atoms with Gasteiger partial charge in [0.15, 0.2) is 18.5 Å². The van der Waals surface area contributed by atoms with Gasteiger partial charge in [-0.05, 0) is 0 Å². The summed E-state index contributed by atoms with van der Waals surface area (Å²) in [6, 6.07) is 0. The molecule has 0 amide bonds. The van der Waals surface area contributed by atoms with Gasteiger partial charge < -0.3 is 24.4 Å². The first-order chi connectivity index (χ1) is 19.2. The fourth-order valence-corrected chi connectivity index (χ4v) is 5.96. The molecule has 31 heteroatoms. The van der Waals surface area contributed by atoms with E-state index in [0.717, 1.165) is 0 Å². The number of aliphatic hydroxyl groups excluding tert-OH is 1. The van der Waals surface area contributed by atoms with Crippen LogP contribution in [0.25, 0.3) is 0 Å². The van der Waals surface area contributed by atoms with Gasteiger partial charge >= 0.3 is 58.0 Å². The Hall–Kier alpha value is -1.34. The minimum absolute atomic E-state index is 1.24. The molecule has 0 bridgehead atoms. The Morgan fingerprint density at radius 1 is 0.581 bits per heavy atom. The molecule has 2 rings (SSSR count). The van der Waals surface area contributed by atoms with Crippen molar-refractivity contribution in [3.8, 4) is 0 Å². The van der Waals surface area contributed by atoms with Crippen LogP contribution < -0.4 is 0 Å². The zero-order valence-electron chi connectivity index (χ0n) is 20.0. The Bertz CT molecular complexity index is 1550. The SMILES string of the molecule is O=C(O)C1OC(OC2C(COS(=O)(=O)O)OC(CO)C2OS(=O)(=O)O)C(OS(=O)(=O)O)C(OS(=O)(=O)O)C1OS(=O)(=O)O. The van der Waals surface area contributed by atoms with Crippen molar-refractivity contribution < 1.29 is 115 Å². The van der Waals surface area contributed by atoms with Crippen molar-refractivity contribution in [3.63, 3.8) is 0 Å². The van der Waals surface area contributed by atoms with Crippen molar-refractivity contribution >= 4 is 58.0 Å². The predicted octanol–water partition coefficient (Wildman–Crippen LogP) is -5.49. The molecular formula is C12H20O26S5. The lowest BCUT2D eigenvalue weighted by Crippen LogP contribution is -2.64. The molecule has 7 N–H and O–H groups in total. The summed E-state index contributed by atoms with van der Waals surface area (Å²) in [6.45, 7) is -2.63. The molecule has 2 aliphatic heterocycles. The molecule has 0 aliphatic carbocycles. The third kappa shape index (κ3) is 12.2. The number of carboxylic acids is 1. The van der Waals surface area contributed by atoms with Gasteiger partial charge in [0, 0.05) is 0 Å². The number of rotatable bonds is 15. The van der Waals surface area contributed by atoms with Crippen LogP contribution in [0.2, 0.25) is 0 Å². The van der Waals surface area contributed by atoms with Crippen molar-refractivity contribution in [2.24, 2.45) is 0 Å². The van der Waals surface area contributed by atoms with E-state index < -0.39 is 126 Å². The number of carboxylic acid groups (broad SMARTS) is 1. The quantitative estimate of drug-likeness (QED) is 0.0770. The van der Waals surface area contributed by atoms with Crippen molar-refractivity contribution in [3.05, 3.63) is 0 Å². The molecule has 43 heavy (non-hydrogen) atoms. The van der Waals surface area contributed by atoms with E-state index >= 15 is 0 Å². The number of carbonyl (C=O) groups is 1. The summed E-state index contributed by atoms with van der Waals surface area (Å²) in [5.41, 5.74) is 0. The van der Waals surface area contributed by atoms with Crippen LogP contribution in [0, 0.1) is 0 Å². The molecule has 0 spiro atoms. The summed E-state index contributed by atoms with van der Waals surface area (Å²) in [6.07, 6.45) is -23.7. The minimum atomic E-state index is -5.91. The third-order valence-corrected chi connectivity index (χ3v) is 7.22. The maximum absolute atomic E-state index is 11.8. The van der Waals surface area contributed by atoms with E-state index in [2.05, 4.69) is 20.9 Å². The van der Waals surface area contributed by atoms with Crippen molar-refractivity contribution in [1.29, 1.82) is 0 Å². The molecule has 2 heterocycles. The largest absolute Gasteiger partial charge is 0.479 e. The number of hydrogen-bond acceptors (Lipinski definition) is 20. The van der Waals surface area contributed by atoms with Crippen LogP contribution in [0.3, 0.4) is 0 Å². The van der Waals surface area contributed by atoms with E-state index in [-0.39, 0.29) is 0 Å². The molecule has 0 aromatic rings. The van der Waals surface area contributed by atoms with Gasteiger partial charge in [-0.3, -0.25) is 22.8 Å². The Morgan fingerprint density at radius 2 is 1.02 bits per heavy atom. The van der Waals surface area contributed by atoms with E-state index in [0.29, 0.717) is 0 Å². The van der Waals surface area contributed by atoms with Gasteiger partial charge in [0.2, 0.25) is 0 Å². The molecule has 0 saturated carbocycles. The van der Waals surface area contributed by atoms with Gasteiger partial charge in [-0.2, -0.15) is 42.1 Å². The first-order valence-electron chi connectivity index (χ1n) is 10.2. The summed E-state index contributed by atoms with van der Waals surface area (Å²) >= 11 is 0. The Labute approximate surface area is 241 Å². The summed E-state index contributed by atoms with van der Waals surface area (Å²) in [5, 5.41) is 19.0. The highest BCUT2D eigenvalue weighted by Crippen LogP contribution is 2.36. The zero-order chi connectivity index (χ0) is 33.3. The monoisotopic (exact) mass is 740 g/mol. The number of aliphatic hydroxyl groups is 1. The van der Waals surface area contributed by atoms with E-state index in [1.807, 2.05) is 0 Å². The number of hydrogen-bond donors (Lipinski definition) is 7. The second-order valence-corrected chi connectivity index (χ2v) is 13.2. The Morgan fingerprint density at radius 3 is 1.44 bits per heavy atom. The summed E-state index contributed by atoms with van der Waals surface area (Å²) in [4.78, 5) is 11.8. The summed E-state index contributed by atoms with van der Waals surface area (Å²) in [7, 11) is -28.5. The highest BCUT2D eigenvalue weighted by Gasteiger charge is 2.59. The van der Waals surface area contributed by atoms with Gasteiger partial charge in [0.25, 0.3) is 0 Å². The summed E-state index contributed by atoms with van der Waals surface area (Å²) in [5.74, 6) is -2.33. The van der Waals surface area contributed by atoms with Gasteiger partial charge in [-0.15, -0.1) is 0 Å². The van der Waals surface area contributed by atoms with Crippen LogP contribution in [0.4, 0.5) is 0 Å². The predicted molar refractivity (Wildman–Crippen MR) is 120 cm³/mol. The van der Waals surface area contributed by atoms with Crippen LogP contribution in [0.15, 0.2) is 0 Å². The lowest BCUT2D eigenvalue weighted by molar-refractivity contribution is -0.299. The lowest BCUT2D eigenvalue weighted by Gasteiger charge is -2.43. The lowest BCUT2D eigenvalue weighted by atomic mass is 9.98. The van der Waals surface area contributed by atoms with E-state index in [1.165, 1.54) is 0 Å². The highest BCUT2D eigenvalue weighted by atomic mass is 32.3. The van der Waals surface area contributed by atoms with Crippen molar-refractivity contribution in [2.75, 3.05) is 13.2 Å².